The summed E-state index contributed by atoms with van der Waals surface area (Å²) in [6, 6.07) is 6.56. The van der Waals surface area contributed by atoms with Crippen LogP contribution in [0.25, 0.3) is 0 Å². The molecule has 0 spiro atoms. The second-order valence-electron chi connectivity index (χ2n) is 3.03. The SMILES string of the molecule is CCC(=O)C(OC)c1cccc(O)c1. The van der Waals surface area contributed by atoms with Gasteiger partial charge in [0.1, 0.15) is 11.9 Å². The van der Waals surface area contributed by atoms with Crippen LogP contribution < -0.4 is 0 Å². The second kappa shape index (κ2) is 4.77. The van der Waals surface area contributed by atoms with Gasteiger partial charge >= 0.3 is 0 Å². The highest BCUT2D eigenvalue weighted by Crippen LogP contribution is 2.22. The van der Waals surface area contributed by atoms with E-state index in [0.29, 0.717) is 12.0 Å². The van der Waals surface area contributed by atoms with E-state index in [4.69, 9.17) is 4.74 Å². The molecule has 3 heteroatoms. The fourth-order valence-electron chi connectivity index (χ4n) is 1.33. The molecular formula is C11H14O3. The summed E-state index contributed by atoms with van der Waals surface area (Å²) in [7, 11) is 1.49. The van der Waals surface area contributed by atoms with Crippen molar-refractivity contribution in [1.29, 1.82) is 0 Å². The highest BCUT2D eigenvalue weighted by atomic mass is 16.5. The zero-order chi connectivity index (χ0) is 10.6. The fraction of sp³-hybridized carbons (Fsp3) is 0.364. The number of phenolic OH excluding ortho intramolecular Hbond substituents is 1. The molecule has 0 fully saturated rings. The molecule has 0 aromatic heterocycles. The van der Waals surface area contributed by atoms with Crippen LogP contribution in [0.15, 0.2) is 24.3 Å². The molecule has 0 aliphatic carbocycles. The van der Waals surface area contributed by atoms with Crippen molar-refractivity contribution in [2.45, 2.75) is 19.4 Å². The number of hydrogen-bond donors (Lipinski definition) is 1. The lowest BCUT2D eigenvalue weighted by Crippen LogP contribution is -2.13. The average Bonchev–Trinajstić information content (AvgIpc) is 2.19. The van der Waals surface area contributed by atoms with Crippen LogP contribution in [0.1, 0.15) is 25.0 Å². The molecule has 0 saturated carbocycles. The zero-order valence-corrected chi connectivity index (χ0v) is 8.36. The lowest BCUT2D eigenvalue weighted by atomic mass is 10.0. The molecule has 1 rings (SSSR count). The van der Waals surface area contributed by atoms with Crippen LogP contribution >= 0.6 is 0 Å². The Balaban J connectivity index is 2.94. The van der Waals surface area contributed by atoms with E-state index in [-0.39, 0.29) is 11.5 Å². The summed E-state index contributed by atoms with van der Waals surface area (Å²) < 4.78 is 5.08. The molecule has 1 aromatic carbocycles. The van der Waals surface area contributed by atoms with Gasteiger partial charge in [0.15, 0.2) is 5.78 Å². The van der Waals surface area contributed by atoms with Crippen molar-refractivity contribution in [1.82, 2.24) is 0 Å². The van der Waals surface area contributed by atoms with E-state index >= 15 is 0 Å². The first-order chi connectivity index (χ1) is 6.69. The Morgan fingerprint density at radius 3 is 2.79 bits per heavy atom. The van der Waals surface area contributed by atoms with Crippen LogP contribution in [0, 0.1) is 0 Å². The van der Waals surface area contributed by atoms with Gasteiger partial charge in [-0.2, -0.15) is 0 Å². The summed E-state index contributed by atoms with van der Waals surface area (Å²) in [6.07, 6.45) is -0.138. The van der Waals surface area contributed by atoms with Gasteiger partial charge < -0.3 is 9.84 Å². The monoisotopic (exact) mass is 194 g/mol. The third-order valence-corrected chi connectivity index (χ3v) is 2.05. The fourth-order valence-corrected chi connectivity index (χ4v) is 1.33. The average molecular weight is 194 g/mol. The number of ether oxygens (including phenoxy) is 1. The maximum atomic E-state index is 11.4. The topological polar surface area (TPSA) is 46.5 Å². The van der Waals surface area contributed by atoms with Gasteiger partial charge in [-0.1, -0.05) is 19.1 Å². The van der Waals surface area contributed by atoms with Gasteiger partial charge in [-0.15, -0.1) is 0 Å². The molecule has 1 aromatic rings. The number of phenols is 1. The molecule has 1 N–H and O–H groups in total. The zero-order valence-electron chi connectivity index (χ0n) is 8.36. The van der Waals surface area contributed by atoms with E-state index in [0.717, 1.165) is 0 Å². The van der Waals surface area contributed by atoms with E-state index in [2.05, 4.69) is 0 Å². The molecule has 1 unspecified atom stereocenters. The van der Waals surface area contributed by atoms with Crippen LogP contribution in [-0.4, -0.2) is 18.0 Å². The lowest BCUT2D eigenvalue weighted by molar-refractivity contribution is -0.128. The normalized spacial score (nSPS) is 12.4. The highest BCUT2D eigenvalue weighted by molar-refractivity contribution is 5.84. The maximum Gasteiger partial charge on any atom is 0.165 e. The van der Waals surface area contributed by atoms with Crippen molar-refractivity contribution in [3.63, 3.8) is 0 Å². The first-order valence-corrected chi connectivity index (χ1v) is 4.53. The van der Waals surface area contributed by atoms with Crippen LogP contribution in [0.3, 0.4) is 0 Å². The summed E-state index contributed by atoms with van der Waals surface area (Å²) in [5, 5.41) is 9.25. The molecule has 0 heterocycles. The van der Waals surface area contributed by atoms with Gasteiger partial charge in [0.2, 0.25) is 0 Å². The second-order valence-corrected chi connectivity index (χ2v) is 3.03. The molecule has 0 aliphatic rings. The molecule has 0 amide bonds. The highest BCUT2D eigenvalue weighted by Gasteiger charge is 2.17. The van der Waals surface area contributed by atoms with Crippen molar-refractivity contribution < 1.29 is 14.6 Å². The quantitative estimate of drug-likeness (QED) is 0.798. The largest absolute Gasteiger partial charge is 0.508 e. The Morgan fingerprint density at radius 1 is 1.57 bits per heavy atom. The molecule has 0 saturated heterocycles. The van der Waals surface area contributed by atoms with Gasteiger partial charge in [0.25, 0.3) is 0 Å². The third kappa shape index (κ3) is 2.33. The van der Waals surface area contributed by atoms with Crippen molar-refractivity contribution in [3.05, 3.63) is 29.8 Å². The molecule has 0 aliphatic heterocycles. The van der Waals surface area contributed by atoms with E-state index < -0.39 is 6.10 Å². The number of hydrogen-bond acceptors (Lipinski definition) is 3. The number of benzene rings is 1. The molecule has 3 nitrogen and oxygen atoms in total. The first kappa shape index (κ1) is 10.7. The Morgan fingerprint density at radius 2 is 2.29 bits per heavy atom. The van der Waals surface area contributed by atoms with E-state index in [1.54, 1.807) is 31.2 Å². The number of rotatable bonds is 4. The van der Waals surface area contributed by atoms with Crippen LogP contribution in [0.5, 0.6) is 5.75 Å². The summed E-state index contributed by atoms with van der Waals surface area (Å²) in [5.74, 6) is 0.159. The number of carbonyl (C=O) groups is 1. The van der Waals surface area contributed by atoms with E-state index in [9.17, 15) is 9.90 Å². The molecule has 0 bridgehead atoms. The van der Waals surface area contributed by atoms with Gasteiger partial charge in [0, 0.05) is 13.5 Å². The Kier molecular flexibility index (Phi) is 3.65. The molecular weight excluding hydrogens is 180 g/mol. The summed E-state index contributed by atoms with van der Waals surface area (Å²) in [5.41, 5.74) is 0.694. The third-order valence-electron chi connectivity index (χ3n) is 2.05. The summed E-state index contributed by atoms with van der Waals surface area (Å²) in [6.45, 7) is 1.79. The van der Waals surface area contributed by atoms with E-state index in [1.165, 1.54) is 7.11 Å². The smallest absolute Gasteiger partial charge is 0.165 e. The number of aromatic hydroxyl groups is 1. The van der Waals surface area contributed by atoms with Crippen LogP contribution in [0.2, 0.25) is 0 Å². The molecule has 14 heavy (non-hydrogen) atoms. The van der Waals surface area contributed by atoms with Gasteiger partial charge in [-0.05, 0) is 17.7 Å². The molecule has 0 radical (unpaired) electrons. The minimum Gasteiger partial charge on any atom is -0.508 e. The van der Waals surface area contributed by atoms with Crippen molar-refractivity contribution in [2.24, 2.45) is 0 Å². The minimum absolute atomic E-state index is 0.0121. The standard InChI is InChI=1S/C11H14O3/c1-3-10(13)11(14-2)8-5-4-6-9(12)7-8/h4-7,11-12H,3H2,1-2H3. The van der Waals surface area contributed by atoms with Crippen molar-refractivity contribution in [2.75, 3.05) is 7.11 Å². The maximum absolute atomic E-state index is 11.4. The number of carbonyl (C=O) groups excluding carboxylic acids is 1. The number of Topliss-reactive ketones (excluding diaryl/α,β-unsaturated/α-hetero) is 1. The minimum atomic E-state index is -0.563. The van der Waals surface area contributed by atoms with Crippen LogP contribution in [0.4, 0.5) is 0 Å². The predicted octanol–water partition coefficient (Wildman–Crippen LogP) is 2.06. The van der Waals surface area contributed by atoms with Gasteiger partial charge in [0.05, 0.1) is 0 Å². The predicted molar refractivity (Wildman–Crippen MR) is 53.2 cm³/mol. The number of methoxy groups -OCH3 is 1. The Labute approximate surface area is 83.3 Å². The molecule has 1 atom stereocenters. The Hall–Kier alpha value is -1.35. The van der Waals surface area contributed by atoms with Gasteiger partial charge in [-0.3, -0.25) is 4.79 Å². The van der Waals surface area contributed by atoms with Gasteiger partial charge in [-0.25, -0.2) is 0 Å². The lowest BCUT2D eigenvalue weighted by Gasteiger charge is -2.13. The first-order valence-electron chi connectivity index (χ1n) is 4.53. The number of ketones is 1. The van der Waals surface area contributed by atoms with E-state index in [1.807, 2.05) is 0 Å². The van der Waals surface area contributed by atoms with Crippen LogP contribution in [-0.2, 0) is 9.53 Å². The van der Waals surface area contributed by atoms with Crippen molar-refractivity contribution >= 4 is 5.78 Å². The Bertz CT molecular complexity index is 320. The molecule has 76 valence electrons. The summed E-state index contributed by atoms with van der Waals surface area (Å²) in [4.78, 5) is 11.4. The van der Waals surface area contributed by atoms with Crippen molar-refractivity contribution in [3.8, 4) is 5.75 Å². The summed E-state index contributed by atoms with van der Waals surface area (Å²) >= 11 is 0.